The van der Waals surface area contributed by atoms with Gasteiger partial charge in [-0.05, 0) is 51.6 Å². The Morgan fingerprint density at radius 1 is 0.596 bits per heavy atom. The predicted octanol–water partition coefficient (Wildman–Crippen LogP) is 7.23. The van der Waals surface area contributed by atoms with E-state index in [1.165, 1.54) is 18.2 Å². The Morgan fingerprint density at radius 3 is 1.40 bits per heavy atom. The Morgan fingerprint density at radius 2 is 1.00 bits per heavy atom. The molecule has 5 aromatic carbocycles. The summed E-state index contributed by atoms with van der Waals surface area (Å²) in [6.45, 7) is 0. The molecule has 2 amide bonds. The molecular formula is C40H26ClNO5. The highest BCUT2D eigenvalue weighted by atomic mass is 35.5. The van der Waals surface area contributed by atoms with Crippen molar-refractivity contribution in [3.8, 4) is 0 Å². The van der Waals surface area contributed by atoms with Gasteiger partial charge in [0.2, 0.25) is 11.8 Å². The zero-order valence-corrected chi connectivity index (χ0v) is 25.6. The molecule has 1 heterocycles. The molecule has 2 bridgehead atoms. The first-order valence-electron chi connectivity index (χ1n) is 15.3. The highest BCUT2D eigenvalue weighted by Gasteiger charge is 2.82. The largest absolute Gasteiger partial charge is 0.478 e. The van der Waals surface area contributed by atoms with Crippen molar-refractivity contribution in [1.82, 2.24) is 0 Å². The standard InChI is InChI=1S/C40H26ClNO5/c41-30-22-21-28(23-29(30)37(45)46)42-35(43)33-34(36(42)44)40(27-19-11-4-12-20-27)32(25-15-7-2-8-16-25)31(24-13-5-1-6-14-24)39(33,38(40)47)26-17-9-3-10-18-26/h1-23,33-34H,(H,45,46)/t33-,34-,39-,40+/m1/s1. The fourth-order valence-electron chi connectivity index (χ4n) is 8.40. The number of hydrogen-bond donors (Lipinski definition) is 1. The maximum Gasteiger partial charge on any atom is 0.337 e. The average molecular weight is 636 g/mol. The molecule has 1 N–H and O–H groups in total. The van der Waals surface area contributed by atoms with E-state index >= 15 is 14.4 Å². The number of fused-ring (bicyclic) bond motifs is 5. The third-order valence-electron chi connectivity index (χ3n) is 10.0. The van der Waals surface area contributed by atoms with E-state index in [2.05, 4.69) is 0 Å². The van der Waals surface area contributed by atoms with E-state index in [-0.39, 0.29) is 22.1 Å². The lowest BCUT2D eigenvalue weighted by molar-refractivity contribution is -0.130. The molecular weight excluding hydrogens is 610 g/mol. The second-order valence-corrected chi connectivity index (χ2v) is 12.5. The highest BCUT2D eigenvalue weighted by molar-refractivity contribution is 6.39. The molecule has 2 aliphatic carbocycles. The summed E-state index contributed by atoms with van der Waals surface area (Å²) in [7, 11) is 0. The van der Waals surface area contributed by atoms with Gasteiger partial charge in [-0.15, -0.1) is 0 Å². The van der Waals surface area contributed by atoms with Crippen LogP contribution in [0, 0.1) is 11.8 Å². The topological polar surface area (TPSA) is 91.8 Å². The van der Waals surface area contributed by atoms with Gasteiger partial charge in [-0.3, -0.25) is 14.4 Å². The van der Waals surface area contributed by atoms with Crippen LogP contribution in [0.15, 0.2) is 140 Å². The van der Waals surface area contributed by atoms with Crippen molar-refractivity contribution in [1.29, 1.82) is 0 Å². The van der Waals surface area contributed by atoms with E-state index in [1.807, 2.05) is 121 Å². The molecule has 8 rings (SSSR count). The van der Waals surface area contributed by atoms with Gasteiger partial charge >= 0.3 is 5.97 Å². The number of Topliss-reactive ketones (excluding diaryl/α,β-unsaturated/α-hetero) is 1. The van der Waals surface area contributed by atoms with Crippen molar-refractivity contribution in [3.05, 3.63) is 172 Å². The minimum atomic E-state index is -1.54. The molecule has 4 atom stereocenters. The molecule has 5 aromatic rings. The molecule has 0 spiro atoms. The summed E-state index contributed by atoms with van der Waals surface area (Å²) < 4.78 is 0. The number of rotatable bonds is 6. The molecule has 1 saturated carbocycles. The van der Waals surface area contributed by atoms with Gasteiger partial charge in [-0.2, -0.15) is 0 Å². The molecule has 2 fully saturated rings. The number of hydrogen-bond acceptors (Lipinski definition) is 4. The minimum Gasteiger partial charge on any atom is -0.478 e. The van der Waals surface area contributed by atoms with E-state index in [1.54, 1.807) is 0 Å². The van der Waals surface area contributed by atoms with E-state index < -0.39 is 40.4 Å². The number of benzene rings is 5. The maximum absolute atomic E-state index is 15.9. The number of halogens is 1. The highest BCUT2D eigenvalue weighted by Crippen LogP contribution is 2.74. The number of anilines is 1. The molecule has 7 heteroatoms. The smallest absolute Gasteiger partial charge is 0.337 e. The van der Waals surface area contributed by atoms with Crippen molar-refractivity contribution >= 4 is 52.0 Å². The maximum atomic E-state index is 15.9. The lowest BCUT2D eigenvalue weighted by Gasteiger charge is -2.39. The van der Waals surface area contributed by atoms with Crippen LogP contribution in [0.1, 0.15) is 32.6 Å². The Kier molecular flexibility index (Phi) is 6.43. The first-order chi connectivity index (χ1) is 22.8. The van der Waals surface area contributed by atoms with Gasteiger partial charge < -0.3 is 5.11 Å². The monoisotopic (exact) mass is 635 g/mol. The number of carbonyl (C=O) groups is 4. The van der Waals surface area contributed by atoms with Crippen LogP contribution in [-0.2, 0) is 25.2 Å². The van der Waals surface area contributed by atoms with Crippen LogP contribution in [0.25, 0.3) is 11.1 Å². The van der Waals surface area contributed by atoms with Crippen LogP contribution in [0.5, 0.6) is 0 Å². The summed E-state index contributed by atoms with van der Waals surface area (Å²) in [6.07, 6.45) is 0. The van der Waals surface area contributed by atoms with Crippen molar-refractivity contribution < 1.29 is 24.3 Å². The second-order valence-electron chi connectivity index (χ2n) is 12.1. The Balaban J connectivity index is 1.53. The molecule has 3 aliphatic rings. The Hall–Kier alpha value is -5.59. The Labute approximate surface area is 275 Å². The first kappa shape index (κ1) is 28.9. The van der Waals surface area contributed by atoms with Gasteiger partial charge in [0.05, 0.1) is 38.9 Å². The molecule has 1 aliphatic heterocycles. The van der Waals surface area contributed by atoms with Crippen LogP contribution >= 0.6 is 11.6 Å². The number of carbonyl (C=O) groups excluding carboxylic acids is 3. The number of imide groups is 1. The fraction of sp³-hybridized carbons (Fsp3) is 0.100. The number of ketones is 1. The number of aromatic carboxylic acids is 1. The van der Waals surface area contributed by atoms with Crippen molar-refractivity contribution in [2.24, 2.45) is 11.8 Å². The summed E-state index contributed by atoms with van der Waals surface area (Å²) in [6, 6.07) is 41.8. The number of amides is 2. The van der Waals surface area contributed by atoms with Gasteiger partial charge in [0.1, 0.15) is 0 Å². The fourth-order valence-corrected chi connectivity index (χ4v) is 8.60. The first-order valence-corrected chi connectivity index (χ1v) is 15.6. The van der Waals surface area contributed by atoms with Gasteiger partial charge in [0.15, 0.2) is 5.78 Å². The minimum absolute atomic E-state index is 0.0170. The summed E-state index contributed by atoms with van der Waals surface area (Å²) in [5, 5.41) is 9.81. The molecule has 0 aromatic heterocycles. The van der Waals surface area contributed by atoms with Gasteiger partial charge in [-0.25, -0.2) is 9.69 Å². The SMILES string of the molecule is O=C(O)c1cc(N2C(=O)[C@H]3[C@H](C2=O)[C@]2(c4ccccc4)C(=O)[C@@]3(c3ccccc3)C(c3ccccc3)=C2c2ccccc2)ccc1Cl. The number of carboxylic acid groups (broad SMARTS) is 1. The average Bonchev–Trinajstić information content (AvgIpc) is 3.62. The summed E-state index contributed by atoms with van der Waals surface area (Å²) in [5.74, 6) is -4.86. The van der Waals surface area contributed by atoms with Crippen LogP contribution in [0.3, 0.4) is 0 Å². The second kappa shape index (κ2) is 10.5. The molecule has 6 nitrogen and oxygen atoms in total. The van der Waals surface area contributed by atoms with Crippen molar-refractivity contribution in [3.63, 3.8) is 0 Å². The summed E-state index contributed by atoms with van der Waals surface area (Å²) in [5.41, 5.74) is 0.945. The summed E-state index contributed by atoms with van der Waals surface area (Å²) in [4.78, 5) is 59.0. The lowest BCUT2D eigenvalue weighted by atomic mass is 9.59. The van der Waals surface area contributed by atoms with Gasteiger partial charge in [-0.1, -0.05) is 133 Å². The van der Waals surface area contributed by atoms with Crippen LogP contribution in [0.4, 0.5) is 5.69 Å². The van der Waals surface area contributed by atoms with Crippen molar-refractivity contribution in [2.75, 3.05) is 4.90 Å². The zero-order valence-electron chi connectivity index (χ0n) is 24.8. The van der Waals surface area contributed by atoms with E-state index in [0.717, 1.165) is 16.0 Å². The summed E-state index contributed by atoms with van der Waals surface area (Å²) >= 11 is 6.20. The number of carboxylic acids is 1. The van der Waals surface area contributed by atoms with E-state index in [0.29, 0.717) is 22.3 Å². The van der Waals surface area contributed by atoms with Crippen LogP contribution < -0.4 is 4.90 Å². The van der Waals surface area contributed by atoms with Crippen molar-refractivity contribution in [2.45, 2.75) is 10.8 Å². The number of nitrogens with zero attached hydrogens (tertiary/aromatic N) is 1. The van der Waals surface area contributed by atoms with E-state index in [4.69, 9.17) is 11.6 Å². The Bertz CT molecular complexity index is 2030. The number of allylic oxidation sites excluding steroid dienone is 2. The third-order valence-corrected chi connectivity index (χ3v) is 10.3. The van der Waals surface area contributed by atoms with Gasteiger partial charge in [0.25, 0.3) is 0 Å². The molecule has 0 radical (unpaired) electrons. The quantitative estimate of drug-likeness (QED) is 0.199. The van der Waals surface area contributed by atoms with Gasteiger partial charge in [0, 0.05) is 0 Å². The molecule has 1 saturated heterocycles. The van der Waals surface area contributed by atoms with Crippen LogP contribution in [-0.4, -0.2) is 28.7 Å². The van der Waals surface area contributed by atoms with Crippen LogP contribution in [0.2, 0.25) is 5.02 Å². The lowest BCUT2D eigenvalue weighted by Crippen LogP contribution is -2.45. The molecule has 228 valence electrons. The molecule has 0 unspecified atom stereocenters. The third kappa shape index (κ3) is 3.67. The predicted molar refractivity (Wildman–Crippen MR) is 179 cm³/mol. The zero-order chi connectivity index (χ0) is 32.5. The normalized spacial score (nSPS) is 24.6. The molecule has 47 heavy (non-hydrogen) atoms. The van der Waals surface area contributed by atoms with E-state index in [9.17, 15) is 9.90 Å².